The van der Waals surface area contributed by atoms with Crippen LogP contribution in [0.4, 0.5) is 10.2 Å². The Labute approximate surface area is 185 Å². The maximum absolute atomic E-state index is 13.0. The first kappa shape index (κ1) is 21.1. The van der Waals surface area contributed by atoms with Crippen LogP contribution < -0.4 is 15.0 Å². The van der Waals surface area contributed by atoms with Gasteiger partial charge < -0.3 is 15.0 Å². The Kier molecular flexibility index (Phi) is 6.62. The molecule has 0 atom stereocenters. The van der Waals surface area contributed by atoms with Crippen molar-refractivity contribution >= 4 is 23.3 Å². The summed E-state index contributed by atoms with van der Waals surface area (Å²) in [5.74, 6) is 1.46. The number of anilines is 1. The zero-order chi connectivity index (χ0) is 21.6. The van der Waals surface area contributed by atoms with Crippen molar-refractivity contribution in [1.82, 2.24) is 15.3 Å². The van der Waals surface area contributed by atoms with E-state index in [9.17, 15) is 9.18 Å². The number of rotatable bonds is 6. The van der Waals surface area contributed by atoms with Gasteiger partial charge in [-0.25, -0.2) is 14.4 Å². The summed E-state index contributed by atoms with van der Waals surface area (Å²) in [5.41, 5.74) is 0.878. The maximum Gasteiger partial charge on any atom is 0.223 e. The van der Waals surface area contributed by atoms with Crippen LogP contribution in [-0.2, 0) is 11.3 Å². The van der Waals surface area contributed by atoms with E-state index in [0.29, 0.717) is 23.2 Å². The van der Waals surface area contributed by atoms with Gasteiger partial charge in [-0.3, -0.25) is 4.79 Å². The minimum Gasteiger partial charge on any atom is -0.439 e. The van der Waals surface area contributed by atoms with E-state index in [4.69, 9.17) is 16.3 Å². The average Bonchev–Trinajstić information content (AvgIpc) is 2.80. The van der Waals surface area contributed by atoms with Gasteiger partial charge in [-0.05, 0) is 60.9 Å². The van der Waals surface area contributed by atoms with Crippen molar-refractivity contribution in [3.05, 3.63) is 77.3 Å². The highest BCUT2D eigenvalue weighted by molar-refractivity contribution is 6.30. The van der Waals surface area contributed by atoms with Crippen LogP contribution in [0.3, 0.4) is 0 Å². The molecule has 0 radical (unpaired) electrons. The number of aromatic nitrogens is 2. The van der Waals surface area contributed by atoms with Crippen molar-refractivity contribution in [2.45, 2.75) is 19.4 Å². The molecule has 8 heteroatoms. The molecule has 1 aliphatic rings. The number of pyridine rings is 2. The van der Waals surface area contributed by atoms with Gasteiger partial charge in [0.25, 0.3) is 0 Å². The molecule has 1 N–H and O–H groups in total. The van der Waals surface area contributed by atoms with E-state index in [1.807, 2.05) is 18.2 Å². The van der Waals surface area contributed by atoms with E-state index >= 15 is 0 Å². The first-order valence-corrected chi connectivity index (χ1v) is 10.5. The number of piperidine rings is 1. The summed E-state index contributed by atoms with van der Waals surface area (Å²) in [4.78, 5) is 23.3. The quantitative estimate of drug-likeness (QED) is 0.607. The summed E-state index contributed by atoms with van der Waals surface area (Å²) in [6.07, 6.45) is 4.80. The largest absolute Gasteiger partial charge is 0.439 e. The number of hydrogen-bond donors (Lipinski definition) is 1. The molecule has 1 saturated heterocycles. The second-order valence-corrected chi connectivity index (χ2v) is 7.81. The number of benzene rings is 1. The van der Waals surface area contributed by atoms with Crippen LogP contribution in [0.5, 0.6) is 11.6 Å². The maximum atomic E-state index is 13.0. The third kappa shape index (κ3) is 5.70. The molecular weight excluding hydrogens is 419 g/mol. The smallest absolute Gasteiger partial charge is 0.223 e. The number of carbonyl (C=O) groups excluding carboxylic acids is 1. The van der Waals surface area contributed by atoms with E-state index in [1.54, 1.807) is 18.5 Å². The Morgan fingerprint density at radius 3 is 2.61 bits per heavy atom. The topological polar surface area (TPSA) is 67.3 Å². The number of hydrogen-bond acceptors (Lipinski definition) is 5. The lowest BCUT2D eigenvalue weighted by molar-refractivity contribution is -0.125. The minimum absolute atomic E-state index is 0.0275. The molecule has 160 valence electrons. The van der Waals surface area contributed by atoms with Crippen LogP contribution in [0.15, 0.2) is 60.9 Å². The molecule has 4 rings (SSSR count). The van der Waals surface area contributed by atoms with E-state index in [1.165, 1.54) is 24.3 Å². The second kappa shape index (κ2) is 9.75. The van der Waals surface area contributed by atoms with Gasteiger partial charge in [-0.15, -0.1) is 0 Å². The monoisotopic (exact) mass is 440 g/mol. The fourth-order valence-electron chi connectivity index (χ4n) is 3.50. The van der Waals surface area contributed by atoms with Crippen LogP contribution in [-0.4, -0.2) is 29.0 Å². The number of carbonyl (C=O) groups is 1. The van der Waals surface area contributed by atoms with Gasteiger partial charge in [0.2, 0.25) is 11.8 Å². The Morgan fingerprint density at radius 2 is 1.90 bits per heavy atom. The van der Waals surface area contributed by atoms with Crippen LogP contribution in [0, 0.1) is 11.7 Å². The van der Waals surface area contributed by atoms with Gasteiger partial charge in [0.05, 0.1) is 5.02 Å². The van der Waals surface area contributed by atoms with Gasteiger partial charge in [0.1, 0.15) is 17.4 Å². The third-order valence-corrected chi connectivity index (χ3v) is 5.43. The second-order valence-electron chi connectivity index (χ2n) is 7.37. The first-order chi connectivity index (χ1) is 15.1. The fourth-order valence-corrected chi connectivity index (χ4v) is 3.61. The molecule has 0 saturated carbocycles. The predicted molar refractivity (Wildman–Crippen MR) is 117 cm³/mol. The molecule has 0 unspecified atom stereocenters. The minimum atomic E-state index is -0.327. The Hall–Kier alpha value is -3.19. The zero-order valence-electron chi connectivity index (χ0n) is 16.8. The van der Waals surface area contributed by atoms with Crippen molar-refractivity contribution in [1.29, 1.82) is 0 Å². The highest BCUT2D eigenvalue weighted by Gasteiger charge is 2.25. The van der Waals surface area contributed by atoms with Crippen LogP contribution in [0.25, 0.3) is 0 Å². The first-order valence-electron chi connectivity index (χ1n) is 10.1. The lowest BCUT2D eigenvalue weighted by Crippen LogP contribution is -2.40. The van der Waals surface area contributed by atoms with Gasteiger partial charge in [0.15, 0.2) is 0 Å². The Balaban J connectivity index is 1.27. The fraction of sp³-hybridized carbons (Fsp3) is 0.261. The summed E-state index contributed by atoms with van der Waals surface area (Å²) in [6, 6.07) is 13.0. The molecule has 0 aliphatic carbocycles. The van der Waals surface area contributed by atoms with Crippen molar-refractivity contribution in [3.8, 4) is 11.6 Å². The number of nitrogens with zero attached hydrogens (tertiary/aromatic N) is 3. The summed E-state index contributed by atoms with van der Waals surface area (Å²) < 4.78 is 18.7. The summed E-state index contributed by atoms with van der Waals surface area (Å²) in [7, 11) is 0. The molecule has 1 amide bonds. The molecule has 3 aromatic rings. The van der Waals surface area contributed by atoms with Crippen molar-refractivity contribution in [2.24, 2.45) is 5.92 Å². The van der Waals surface area contributed by atoms with Crippen LogP contribution >= 0.6 is 11.6 Å². The van der Waals surface area contributed by atoms with Crippen LogP contribution in [0.1, 0.15) is 18.4 Å². The molecule has 2 aromatic heterocycles. The Morgan fingerprint density at radius 1 is 1.13 bits per heavy atom. The molecule has 6 nitrogen and oxygen atoms in total. The summed E-state index contributed by atoms with van der Waals surface area (Å²) in [6.45, 7) is 1.94. The van der Waals surface area contributed by atoms with E-state index in [0.717, 1.165) is 37.3 Å². The summed E-state index contributed by atoms with van der Waals surface area (Å²) >= 11 is 5.90. The lowest BCUT2D eigenvalue weighted by Gasteiger charge is -2.32. The van der Waals surface area contributed by atoms with Gasteiger partial charge in [-0.2, -0.15) is 0 Å². The Bertz CT molecular complexity index is 1020. The van der Waals surface area contributed by atoms with Crippen molar-refractivity contribution in [2.75, 3.05) is 18.0 Å². The molecule has 1 fully saturated rings. The van der Waals surface area contributed by atoms with Crippen molar-refractivity contribution in [3.63, 3.8) is 0 Å². The SMILES string of the molecule is O=C(NCc1ccnc(Oc2ccc(F)cc2)c1)C1CCN(c2ccc(Cl)cn2)CC1. The number of amides is 1. The zero-order valence-corrected chi connectivity index (χ0v) is 17.6. The number of halogens is 2. The van der Waals surface area contributed by atoms with E-state index in [-0.39, 0.29) is 17.6 Å². The highest BCUT2D eigenvalue weighted by Crippen LogP contribution is 2.23. The molecular formula is C23H22ClFN4O2. The van der Waals surface area contributed by atoms with Crippen molar-refractivity contribution < 1.29 is 13.9 Å². The molecule has 0 spiro atoms. The number of nitrogens with one attached hydrogen (secondary N) is 1. The molecule has 1 aromatic carbocycles. The lowest BCUT2D eigenvalue weighted by atomic mass is 9.96. The number of ether oxygens (including phenoxy) is 1. The van der Waals surface area contributed by atoms with Crippen LogP contribution in [0.2, 0.25) is 5.02 Å². The highest BCUT2D eigenvalue weighted by atomic mass is 35.5. The van der Waals surface area contributed by atoms with Gasteiger partial charge >= 0.3 is 0 Å². The normalized spacial score (nSPS) is 14.3. The standard InChI is InChI=1S/C23H22ClFN4O2/c24-18-1-6-21(27-15-18)29-11-8-17(9-12-29)23(30)28-14-16-7-10-26-22(13-16)31-20-4-2-19(25)3-5-20/h1-7,10,13,15,17H,8-9,11-12,14H2,(H,28,30). The predicted octanol–water partition coefficient (Wildman–Crippen LogP) is 4.59. The van der Waals surface area contributed by atoms with Gasteiger partial charge in [-0.1, -0.05) is 11.6 Å². The summed E-state index contributed by atoms with van der Waals surface area (Å²) in [5, 5.41) is 3.62. The molecule has 0 bridgehead atoms. The van der Waals surface area contributed by atoms with Gasteiger partial charge in [0, 0.05) is 44.0 Å². The third-order valence-electron chi connectivity index (χ3n) is 5.20. The molecule has 3 heterocycles. The molecule has 1 aliphatic heterocycles. The average molecular weight is 441 g/mol. The van der Waals surface area contributed by atoms with E-state index < -0.39 is 0 Å². The molecule has 31 heavy (non-hydrogen) atoms. The van der Waals surface area contributed by atoms with E-state index in [2.05, 4.69) is 20.2 Å².